The third-order valence-electron chi connectivity index (χ3n) is 5.25. The van der Waals surface area contributed by atoms with Crippen molar-refractivity contribution in [3.05, 3.63) is 78.4 Å². The minimum Gasteiger partial charge on any atom is -0.494 e. The minimum absolute atomic E-state index is 0.0326. The summed E-state index contributed by atoms with van der Waals surface area (Å²) in [5.74, 6) is 0.922. The zero-order valence-electron chi connectivity index (χ0n) is 20.7. The number of nitrogens with one attached hydrogen (secondary N) is 2. The van der Waals surface area contributed by atoms with Gasteiger partial charge >= 0.3 is 0 Å². The normalized spacial score (nSPS) is 12.5. The Balaban J connectivity index is 1.59. The Morgan fingerprint density at radius 3 is 1.94 bits per heavy atom. The third-order valence-corrected chi connectivity index (χ3v) is 6.65. The van der Waals surface area contributed by atoms with Gasteiger partial charge in [0, 0.05) is 11.4 Å². The van der Waals surface area contributed by atoms with Crippen molar-refractivity contribution in [2.24, 2.45) is 0 Å². The Bertz CT molecular complexity index is 1230. The summed E-state index contributed by atoms with van der Waals surface area (Å²) < 4.78 is 39.0. The number of hydrogen-bond donors (Lipinski definition) is 2. The second-order valence-electron chi connectivity index (χ2n) is 9.11. The highest BCUT2D eigenvalue weighted by molar-refractivity contribution is 7.92. The van der Waals surface area contributed by atoms with E-state index in [0.29, 0.717) is 29.5 Å². The lowest BCUT2D eigenvalue weighted by Crippen LogP contribution is -2.30. The highest BCUT2D eigenvalue weighted by Gasteiger charge is 2.18. The molecule has 0 aliphatic carbocycles. The second kappa shape index (κ2) is 10.8. The van der Waals surface area contributed by atoms with Crippen molar-refractivity contribution in [2.45, 2.75) is 51.0 Å². The SMILES string of the molecule is CCOc1ccc(NS(=O)(=O)c2ccc(NC(=O)[C@H](C)Oc3ccc(C(C)(C)C)cc3)cc2)cc1. The maximum atomic E-state index is 12.7. The van der Waals surface area contributed by atoms with Crippen LogP contribution in [0.3, 0.4) is 0 Å². The van der Waals surface area contributed by atoms with E-state index in [1.807, 2.05) is 31.2 Å². The largest absolute Gasteiger partial charge is 0.494 e. The zero-order chi connectivity index (χ0) is 25.6. The van der Waals surface area contributed by atoms with Crippen molar-refractivity contribution >= 4 is 27.3 Å². The van der Waals surface area contributed by atoms with Crippen molar-refractivity contribution in [3.8, 4) is 11.5 Å². The maximum Gasteiger partial charge on any atom is 0.265 e. The Hall–Kier alpha value is -3.52. The number of rotatable bonds is 9. The van der Waals surface area contributed by atoms with Crippen LogP contribution in [-0.4, -0.2) is 27.0 Å². The highest BCUT2D eigenvalue weighted by Crippen LogP contribution is 2.25. The fourth-order valence-corrected chi connectivity index (χ4v) is 4.31. The molecule has 8 heteroatoms. The fourth-order valence-electron chi connectivity index (χ4n) is 3.25. The van der Waals surface area contributed by atoms with Crippen LogP contribution in [0.1, 0.15) is 40.2 Å². The van der Waals surface area contributed by atoms with Gasteiger partial charge in [0.05, 0.1) is 11.5 Å². The van der Waals surface area contributed by atoms with E-state index in [1.54, 1.807) is 31.2 Å². The number of anilines is 2. The van der Waals surface area contributed by atoms with Gasteiger partial charge in [-0.2, -0.15) is 0 Å². The lowest BCUT2D eigenvalue weighted by atomic mass is 9.87. The van der Waals surface area contributed by atoms with Crippen molar-refractivity contribution in [3.63, 3.8) is 0 Å². The van der Waals surface area contributed by atoms with Gasteiger partial charge in [-0.25, -0.2) is 8.42 Å². The van der Waals surface area contributed by atoms with Crippen molar-refractivity contribution in [1.82, 2.24) is 0 Å². The molecular formula is C27H32N2O5S. The average molecular weight is 497 g/mol. The lowest BCUT2D eigenvalue weighted by molar-refractivity contribution is -0.122. The molecule has 0 saturated carbocycles. The Labute approximate surface area is 207 Å². The summed E-state index contributed by atoms with van der Waals surface area (Å²) in [6, 6.07) is 20.3. The molecule has 3 rings (SSSR count). The van der Waals surface area contributed by atoms with Gasteiger partial charge in [0.1, 0.15) is 11.5 Å². The monoisotopic (exact) mass is 496 g/mol. The molecule has 0 aliphatic heterocycles. The molecule has 0 radical (unpaired) electrons. The van der Waals surface area contributed by atoms with E-state index < -0.39 is 16.1 Å². The van der Waals surface area contributed by atoms with Crippen molar-refractivity contribution < 1.29 is 22.7 Å². The van der Waals surface area contributed by atoms with E-state index >= 15 is 0 Å². The second-order valence-corrected chi connectivity index (χ2v) is 10.8. The molecule has 3 aromatic rings. The molecular weight excluding hydrogens is 464 g/mol. The maximum absolute atomic E-state index is 12.7. The zero-order valence-corrected chi connectivity index (χ0v) is 21.5. The van der Waals surface area contributed by atoms with Crippen LogP contribution in [0.5, 0.6) is 11.5 Å². The van der Waals surface area contributed by atoms with E-state index in [4.69, 9.17) is 9.47 Å². The first kappa shape index (κ1) is 26.1. The van der Waals surface area contributed by atoms with Gasteiger partial charge < -0.3 is 14.8 Å². The molecule has 3 aromatic carbocycles. The van der Waals surface area contributed by atoms with Gasteiger partial charge in [-0.05, 0) is 85.5 Å². The van der Waals surface area contributed by atoms with Gasteiger partial charge in [0.25, 0.3) is 15.9 Å². The molecule has 0 heterocycles. The summed E-state index contributed by atoms with van der Waals surface area (Å²) in [6.45, 7) is 10.5. The first-order valence-electron chi connectivity index (χ1n) is 11.4. The number of carbonyl (C=O) groups excluding carboxylic acids is 1. The molecule has 0 aliphatic rings. The van der Waals surface area contributed by atoms with Crippen LogP contribution in [0.25, 0.3) is 0 Å². The third kappa shape index (κ3) is 7.23. The van der Waals surface area contributed by atoms with Crippen LogP contribution in [0.4, 0.5) is 11.4 Å². The van der Waals surface area contributed by atoms with Crippen LogP contribution < -0.4 is 19.5 Å². The lowest BCUT2D eigenvalue weighted by Gasteiger charge is -2.20. The van der Waals surface area contributed by atoms with E-state index in [9.17, 15) is 13.2 Å². The number of ether oxygens (including phenoxy) is 2. The van der Waals surface area contributed by atoms with Crippen LogP contribution in [0.2, 0.25) is 0 Å². The molecule has 1 atom stereocenters. The summed E-state index contributed by atoms with van der Waals surface area (Å²) in [6.07, 6.45) is -0.736. The predicted molar refractivity (Wildman–Crippen MR) is 139 cm³/mol. The summed E-state index contributed by atoms with van der Waals surface area (Å²) in [5.41, 5.74) is 2.10. The molecule has 1 amide bonds. The first-order valence-corrected chi connectivity index (χ1v) is 12.9. The topological polar surface area (TPSA) is 93.7 Å². The fraction of sp³-hybridized carbons (Fsp3) is 0.296. The van der Waals surface area contributed by atoms with E-state index in [2.05, 4.69) is 30.8 Å². The summed E-state index contributed by atoms with van der Waals surface area (Å²) >= 11 is 0. The molecule has 0 aromatic heterocycles. The van der Waals surface area contributed by atoms with E-state index in [0.717, 1.165) is 0 Å². The van der Waals surface area contributed by atoms with Crippen LogP contribution in [-0.2, 0) is 20.2 Å². The molecule has 2 N–H and O–H groups in total. The predicted octanol–water partition coefficient (Wildman–Crippen LogP) is 5.59. The van der Waals surface area contributed by atoms with Gasteiger partial charge in [-0.15, -0.1) is 0 Å². The van der Waals surface area contributed by atoms with Crippen molar-refractivity contribution in [1.29, 1.82) is 0 Å². The van der Waals surface area contributed by atoms with E-state index in [-0.39, 0.29) is 16.2 Å². The standard InChI is InChI=1S/C27H32N2O5S/c1-6-33-23-15-9-22(10-16-23)29-35(31,32)25-17-11-21(12-18-25)28-26(30)19(2)34-24-13-7-20(8-14-24)27(3,4)5/h7-19,29H,6H2,1-5H3,(H,28,30)/t19-/m0/s1. The van der Waals surface area contributed by atoms with Crippen LogP contribution in [0.15, 0.2) is 77.7 Å². The number of hydrogen-bond acceptors (Lipinski definition) is 5. The number of sulfonamides is 1. The molecule has 186 valence electrons. The van der Waals surface area contributed by atoms with Crippen LogP contribution in [0, 0.1) is 0 Å². The quantitative estimate of drug-likeness (QED) is 0.403. The van der Waals surface area contributed by atoms with Gasteiger partial charge in [0.2, 0.25) is 0 Å². The van der Waals surface area contributed by atoms with E-state index in [1.165, 1.54) is 29.8 Å². The molecule has 0 saturated heterocycles. The minimum atomic E-state index is -3.78. The summed E-state index contributed by atoms with van der Waals surface area (Å²) in [7, 11) is -3.78. The van der Waals surface area contributed by atoms with Gasteiger partial charge in [-0.1, -0.05) is 32.9 Å². The smallest absolute Gasteiger partial charge is 0.265 e. The van der Waals surface area contributed by atoms with Gasteiger partial charge in [0.15, 0.2) is 6.10 Å². The number of amides is 1. The Kier molecular flexibility index (Phi) is 8.07. The first-order chi connectivity index (χ1) is 16.5. The number of carbonyl (C=O) groups is 1. The summed E-state index contributed by atoms with van der Waals surface area (Å²) in [4.78, 5) is 12.6. The molecule has 0 spiro atoms. The molecule has 0 unspecified atom stereocenters. The Morgan fingerprint density at radius 2 is 1.40 bits per heavy atom. The Morgan fingerprint density at radius 1 is 0.857 bits per heavy atom. The average Bonchev–Trinajstić information content (AvgIpc) is 2.80. The van der Waals surface area contributed by atoms with Gasteiger partial charge in [-0.3, -0.25) is 9.52 Å². The van der Waals surface area contributed by atoms with Crippen molar-refractivity contribution in [2.75, 3.05) is 16.6 Å². The van der Waals surface area contributed by atoms with Crippen LogP contribution >= 0.6 is 0 Å². The molecule has 35 heavy (non-hydrogen) atoms. The summed E-state index contributed by atoms with van der Waals surface area (Å²) in [5, 5.41) is 2.75. The molecule has 7 nitrogen and oxygen atoms in total. The number of benzene rings is 3. The highest BCUT2D eigenvalue weighted by atomic mass is 32.2. The molecule has 0 fully saturated rings. The molecule has 0 bridgehead atoms.